The molecule has 0 aliphatic heterocycles. The van der Waals surface area contributed by atoms with Gasteiger partial charge in [-0.05, 0) is 0 Å². The molecule has 2 atom stereocenters. The monoisotopic (exact) mass is 505 g/mol. The topological polar surface area (TPSA) is 117 Å². The zero-order chi connectivity index (χ0) is 24.2. The van der Waals surface area contributed by atoms with Crippen molar-refractivity contribution in [2.45, 2.75) is 48.2 Å². The summed E-state index contributed by atoms with van der Waals surface area (Å²) in [5.74, 6) is 1.01. The van der Waals surface area contributed by atoms with Crippen LogP contribution < -0.4 is 9.54 Å². The molecule has 4 heterocycles. The second kappa shape index (κ2) is 10.8. The molecule has 4 aromatic heterocycles. The van der Waals surface area contributed by atoms with Crippen LogP contribution in [0.1, 0.15) is 47.6 Å². The average Bonchev–Trinajstić information content (AvgIpc) is 3.35. The van der Waals surface area contributed by atoms with Gasteiger partial charge in [-0.3, -0.25) is 0 Å². The number of aromatic amines is 1. The molecule has 8 nitrogen and oxygen atoms in total. The van der Waals surface area contributed by atoms with Crippen LogP contribution in [0.15, 0.2) is 63.7 Å². The van der Waals surface area contributed by atoms with Crippen LogP contribution in [-0.2, 0) is 6.42 Å². The number of nitrogens with one attached hydrogen (secondary N) is 1. The summed E-state index contributed by atoms with van der Waals surface area (Å²) in [4.78, 5) is 23.8. The average molecular weight is 505 g/mol. The molecule has 0 bridgehead atoms. The van der Waals surface area contributed by atoms with Gasteiger partial charge in [-0.15, -0.1) is 0 Å². The van der Waals surface area contributed by atoms with Gasteiger partial charge in [-0.1, -0.05) is 0 Å². The van der Waals surface area contributed by atoms with Crippen molar-refractivity contribution >= 4 is 34.9 Å². The van der Waals surface area contributed by atoms with Gasteiger partial charge in [0.15, 0.2) is 0 Å². The van der Waals surface area contributed by atoms with Crippen molar-refractivity contribution in [3.05, 3.63) is 76.3 Å². The van der Waals surface area contributed by atoms with Crippen LogP contribution >= 0.6 is 22.9 Å². The number of rotatable bonds is 7. The number of aliphatic hydroxyl groups excluding tert-OH is 2. The fourth-order valence-electron chi connectivity index (χ4n) is 3.90. The molecule has 0 amide bonds. The predicted molar refractivity (Wildman–Crippen MR) is 135 cm³/mol. The molecule has 0 saturated carbocycles. The van der Waals surface area contributed by atoms with Crippen LogP contribution in [0, 0.1) is 6.92 Å². The van der Waals surface area contributed by atoms with Gasteiger partial charge in [0.2, 0.25) is 0 Å². The number of fused-ring (bicyclic) bond motifs is 1. The zero-order valence-electron chi connectivity index (χ0n) is 19.1. The number of pyridine rings is 3. The summed E-state index contributed by atoms with van der Waals surface area (Å²) in [5.41, 5.74) is 3.62. The summed E-state index contributed by atoms with van der Waals surface area (Å²) in [6.07, 6.45) is 8.82. The minimum atomic E-state index is -0.980. The molecular weight excluding hydrogens is 481 g/mol. The first-order chi connectivity index (χ1) is 17.1. The van der Waals surface area contributed by atoms with Crippen molar-refractivity contribution in [3.8, 4) is 5.75 Å². The molecular formula is C24H24BN5O3S2. The van der Waals surface area contributed by atoms with Crippen LogP contribution in [0.5, 0.6) is 5.75 Å². The Bertz CT molecular complexity index is 1390. The Labute approximate surface area is 211 Å². The van der Waals surface area contributed by atoms with Crippen LogP contribution in [0.2, 0.25) is 0 Å². The second-order valence-electron chi connectivity index (χ2n) is 8.15. The zero-order valence-corrected chi connectivity index (χ0v) is 20.7. The molecule has 0 saturated heterocycles. The maximum atomic E-state index is 9.90. The fourth-order valence-corrected chi connectivity index (χ4v) is 5.54. The van der Waals surface area contributed by atoms with Gasteiger partial charge >= 0.3 is 212 Å². The van der Waals surface area contributed by atoms with Crippen LogP contribution in [0.3, 0.4) is 0 Å². The van der Waals surface area contributed by atoms with E-state index in [1.807, 2.05) is 37.4 Å². The number of nitrogens with zero attached hydrogens (tertiary/aromatic N) is 4. The second-order valence-corrected chi connectivity index (χ2v) is 10.1. The number of hydrogen-bond acceptors (Lipinski definition) is 9. The van der Waals surface area contributed by atoms with E-state index in [9.17, 15) is 10.2 Å². The molecule has 0 fully saturated rings. The summed E-state index contributed by atoms with van der Waals surface area (Å²) in [6, 6.07) is 9.93. The Balaban J connectivity index is 1.52. The summed E-state index contributed by atoms with van der Waals surface area (Å²) in [5, 5.41) is 19.1. The molecule has 1 aliphatic carbocycles. The van der Waals surface area contributed by atoms with E-state index in [4.69, 9.17) is 4.74 Å². The quantitative estimate of drug-likeness (QED) is 0.350. The molecule has 35 heavy (non-hydrogen) atoms. The van der Waals surface area contributed by atoms with Crippen molar-refractivity contribution in [1.82, 2.24) is 19.9 Å². The van der Waals surface area contributed by atoms with E-state index in [1.165, 1.54) is 11.2 Å². The van der Waals surface area contributed by atoms with Crippen LogP contribution in [0.4, 0.5) is 5.82 Å². The Morgan fingerprint density at radius 1 is 1.29 bits per heavy atom. The van der Waals surface area contributed by atoms with Crippen molar-refractivity contribution < 1.29 is 14.9 Å². The minimum absolute atomic E-state index is 0.136. The van der Waals surface area contributed by atoms with Crippen LogP contribution in [0.25, 0.3) is 0 Å². The molecule has 0 aromatic carbocycles. The third-order valence-electron chi connectivity index (χ3n) is 5.70. The van der Waals surface area contributed by atoms with Gasteiger partial charge in [0.1, 0.15) is 0 Å². The maximum absolute atomic E-state index is 9.90. The summed E-state index contributed by atoms with van der Waals surface area (Å²) < 4.78 is 6.55. The number of aryl methyl sites for hydroxylation is 2. The Kier molecular flexibility index (Phi) is 7.38. The van der Waals surface area contributed by atoms with Crippen LogP contribution in [-0.4, -0.2) is 42.9 Å². The Morgan fingerprint density at radius 3 is 3.00 bits per heavy atom. The summed E-state index contributed by atoms with van der Waals surface area (Å²) in [7, 11) is 0. The first kappa shape index (κ1) is 23.9. The van der Waals surface area contributed by atoms with E-state index in [0.717, 1.165) is 46.0 Å². The summed E-state index contributed by atoms with van der Waals surface area (Å²) in [6.45, 7) is 1.61. The van der Waals surface area contributed by atoms with E-state index in [1.54, 1.807) is 30.3 Å². The van der Waals surface area contributed by atoms with Crippen molar-refractivity contribution in [2.24, 2.45) is 4.99 Å². The van der Waals surface area contributed by atoms with E-state index >= 15 is 0 Å². The van der Waals surface area contributed by atoms with Gasteiger partial charge in [-0.25, -0.2) is 0 Å². The molecule has 0 spiro atoms. The SMILES string of the molecule is Cc1ncccc1Sc1cnc(/N=c2/[nH]c(C(O)CO)bs2)c(OC2CCCc3ncccc32)c1. The fraction of sp³-hybridized carbons (Fsp3) is 0.292. The number of aromatic nitrogens is 4. The molecule has 0 radical (unpaired) electrons. The predicted octanol–water partition coefficient (Wildman–Crippen LogP) is 3.77. The Hall–Kier alpha value is -2.86. The molecule has 178 valence electrons. The van der Waals surface area contributed by atoms with Gasteiger partial charge in [-0.2, -0.15) is 0 Å². The van der Waals surface area contributed by atoms with E-state index < -0.39 is 6.10 Å². The first-order valence-corrected chi connectivity index (χ1v) is 13.0. The van der Waals surface area contributed by atoms with Crippen molar-refractivity contribution in [3.63, 3.8) is 0 Å². The standard InChI is InChI=1S/C24H24BN5O3S2/c1-14-21(8-4-9-26-14)34-15-11-20(33-19-7-2-6-17-16(19)5-3-10-27-17)23(28-12-15)30-24-29-22(25-35-24)18(32)13-31/h3-5,8-12,18-19,31-32H,2,6-7,13H2,1H3,(H,28,29,30). The van der Waals surface area contributed by atoms with Gasteiger partial charge in [0.25, 0.3) is 0 Å². The van der Waals surface area contributed by atoms with Crippen molar-refractivity contribution in [2.75, 3.05) is 6.61 Å². The van der Waals surface area contributed by atoms with E-state index in [0.29, 0.717) is 22.0 Å². The van der Waals surface area contributed by atoms with Crippen molar-refractivity contribution in [1.29, 1.82) is 0 Å². The molecule has 3 N–H and O–H groups in total. The molecule has 11 heteroatoms. The number of aliphatic hydroxyl groups is 2. The molecule has 4 aromatic rings. The third kappa shape index (κ3) is 5.53. The van der Waals surface area contributed by atoms with Gasteiger partial charge in [0, 0.05) is 0 Å². The van der Waals surface area contributed by atoms with E-state index in [-0.39, 0.29) is 12.7 Å². The molecule has 2 unspecified atom stereocenters. The van der Waals surface area contributed by atoms with E-state index in [2.05, 4.69) is 31.0 Å². The van der Waals surface area contributed by atoms with Gasteiger partial charge < -0.3 is 0 Å². The number of H-pyrrole nitrogens is 1. The summed E-state index contributed by atoms with van der Waals surface area (Å²) >= 11 is 2.90. The number of hydrogen-bond donors (Lipinski definition) is 3. The molecule has 1 aliphatic rings. The number of ether oxygens (including phenoxy) is 1. The normalized spacial score (nSPS) is 16.5. The van der Waals surface area contributed by atoms with Gasteiger partial charge in [0.05, 0.1) is 0 Å². The first-order valence-electron chi connectivity index (χ1n) is 11.3. The third-order valence-corrected chi connectivity index (χ3v) is 7.60. The molecule has 5 rings (SSSR count). The Morgan fingerprint density at radius 2 is 2.14 bits per heavy atom.